The zero-order valence-electron chi connectivity index (χ0n) is 9.24. The third kappa shape index (κ3) is 4.42. The lowest BCUT2D eigenvalue weighted by Gasteiger charge is -2.05. The molecule has 0 unspecified atom stereocenters. The van der Waals surface area contributed by atoms with Crippen molar-refractivity contribution in [2.45, 2.75) is 12.8 Å². The molecule has 6 heteroatoms. The molecule has 90 valence electrons. The first kappa shape index (κ1) is 13.3. The van der Waals surface area contributed by atoms with Crippen molar-refractivity contribution < 1.29 is 9.84 Å². The second-order valence-corrected chi connectivity index (χ2v) is 4.07. The molecule has 0 radical (unpaired) electrons. The van der Waals surface area contributed by atoms with Gasteiger partial charge in [0.1, 0.15) is 5.82 Å². The molecule has 2 N–H and O–H groups in total. The van der Waals surface area contributed by atoms with Crippen LogP contribution in [-0.4, -0.2) is 41.9 Å². The van der Waals surface area contributed by atoms with Gasteiger partial charge in [-0.15, -0.1) is 0 Å². The van der Waals surface area contributed by atoms with Crippen molar-refractivity contribution >= 4 is 15.9 Å². The van der Waals surface area contributed by atoms with Crippen molar-refractivity contribution in [3.05, 3.63) is 16.5 Å². The summed E-state index contributed by atoms with van der Waals surface area (Å²) in [7, 11) is 1.58. The maximum absolute atomic E-state index is 8.60. The molecule has 1 aromatic rings. The molecule has 0 aliphatic carbocycles. The molecule has 0 saturated heterocycles. The topological polar surface area (TPSA) is 67.3 Å². The van der Waals surface area contributed by atoms with Gasteiger partial charge in [0, 0.05) is 25.8 Å². The van der Waals surface area contributed by atoms with Crippen molar-refractivity contribution in [3.63, 3.8) is 0 Å². The minimum atomic E-state index is 0.218. The number of aliphatic hydroxyl groups is 1. The zero-order valence-corrected chi connectivity index (χ0v) is 10.8. The molecule has 0 atom stereocenters. The van der Waals surface area contributed by atoms with Gasteiger partial charge in [0.05, 0.1) is 11.6 Å². The van der Waals surface area contributed by atoms with E-state index in [1.807, 2.05) is 0 Å². The number of hydrogen-bond donors (Lipinski definition) is 2. The number of nitrogens with zero attached hydrogens (tertiary/aromatic N) is 2. The van der Waals surface area contributed by atoms with E-state index in [2.05, 4.69) is 31.2 Å². The van der Waals surface area contributed by atoms with Crippen LogP contribution in [0.1, 0.15) is 12.2 Å². The van der Waals surface area contributed by atoms with Crippen molar-refractivity contribution in [1.29, 1.82) is 0 Å². The predicted molar refractivity (Wildman–Crippen MR) is 64.6 cm³/mol. The lowest BCUT2D eigenvalue weighted by molar-refractivity contribution is 0.286. The quantitative estimate of drug-likeness (QED) is 0.726. The fourth-order valence-corrected chi connectivity index (χ4v) is 1.53. The average molecular weight is 290 g/mol. The van der Waals surface area contributed by atoms with E-state index in [1.165, 1.54) is 0 Å². The molecular formula is C10H16BrN3O2. The van der Waals surface area contributed by atoms with Crippen LogP contribution < -0.4 is 10.1 Å². The summed E-state index contributed by atoms with van der Waals surface area (Å²) >= 11 is 3.30. The first-order valence-electron chi connectivity index (χ1n) is 5.15. The highest BCUT2D eigenvalue weighted by atomic mass is 79.9. The molecule has 1 rings (SSSR count). The Morgan fingerprint density at radius 1 is 1.50 bits per heavy atom. The lowest BCUT2D eigenvalue weighted by Crippen LogP contribution is -2.20. The number of halogens is 1. The molecule has 1 aromatic heterocycles. The standard InChI is InChI=1S/C10H16BrN3O2/c1-16-10-8(11)7-13-9(14-10)3-5-12-4-2-6-15/h7,12,15H,2-6H2,1H3. The number of aliphatic hydroxyl groups excluding tert-OH is 1. The van der Waals surface area contributed by atoms with Gasteiger partial charge in [0.15, 0.2) is 0 Å². The van der Waals surface area contributed by atoms with Gasteiger partial charge in [-0.1, -0.05) is 0 Å². The van der Waals surface area contributed by atoms with Gasteiger partial charge in [-0.25, -0.2) is 4.98 Å². The van der Waals surface area contributed by atoms with Crippen LogP contribution in [0, 0.1) is 0 Å². The molecular weight excluding hydrogens is 274 g/mol. The third-order valence-corrected chi connectivity index (χ3v) is 2.54. The Hall–Kier alpha value is -0.720. The van der Waals surface area contributed by atoms with E-state index in [0.29, 0.717) is 5.88 Å². The number of nitrogens with one attached hydrogen (secondary N) is 1. The van der Waals surface area contributed by atoms with Crippen LogP contribution in [0.25, 0.3) is 0 Å². The lowest BCUT2D eigenvalue weighted by atomic mass is 10.3. The second kappa shape index (κ2) is 7.54. The largest absolute Gasteiger partial charge is 0.480 e. The van der Waals surface area contributed by atoms with Gasteiger partial charge in [-0.05, 0) is 28.9 Å². The Labute approximate surface area is 103 Å². The van der Waals surface area contributed by atoms with Gasteiger partial charge >= 0.3 is 0 Å². The molecule has 0 aliphatic heterocycles. The highest BCUT2D eigenvalue weighted by Crippen LogP contribution is 2.20. The predicted octanol–water partition coefficient (Wildman–Crippen LogP) is 0.762. The van der Waals surface area contributed by atoms with Crippen molar-refractivity contribution in [1.82, 2.24) is 15.3 Å². The number of aromatic nitrogens is 2. The van der Waals surface area contributed by atoms with Crippen LogP contribution in [-0.2, 0) is 6.42 Å². The zero-order chi connectivity index (χ0) is 11.8. The Balaban J connectivity index is 2.36. The molecule has 0 amide bonds. The summed E-state index contributed by atoms with van der Waals surface area (Å²) in [6.45, 7) is 1.82. The number of hydrogen-bond acceptors (Lipinski definition) is 5. The summed E-state index contributed by atoms with van der Waals surface area (Å²) < 4.78 is 5.84. The normalized spacial score (nSPS) is 10.4. The van der Waals surface area contributed by atoms with Crippen LogP contribution in [0.3, 0.4) is 0 Å². The van der Waals surface area contributed by atoms with E-state index in [1.54, 1.807) is 13.3 Å². The summed E-state index contributed by atoms with van der Waals surface area (Å²) in [5, 5.41) is 11.8. The van der Waals surface area contributed by atoms with Crippen LogP contribution >= 0.6 is 15.9 Å². The number of methoxy groups -OCH3 is 1. The Morgan fingerprint density at radius 2 is 2.31 bits per heavy atom. The summed E-state index contributed by atoms with van der Waals surface area (Å²) in [4.78, 5) is 8.42. The monoisotopic (exact) mass is 289 g/mol. The number of rotatable bonds is 7. The number of ether oxygens (including phenoxy) is 1. The molecule has 5 nitrogen and oxygen atoms in total. The third-order valence-electron chi connectivity index (χ3n) is 1.99. The fraction of sp³-hybridized carbons (Fsp3) is 0.600. The second-order valence-electron chi connectivity index (χ2n) is 3.22. The summed E-state index contributed by atoms with van der Waals surface area (Å²) in [5.74, 6) is 1.30. The highest BCUT2D eigenvalue weighted by Gasteiger charge is 2.04. The molecule has 16 heavy (non-hydrogen) atoms. The van der Waals surface area contributed by atoms with Crippen LogP contribution in [0.5, 0.6) is 5.88 Å². The first-order chi connectivity index (χ1) is 7.77. The molecule has 0 saturated carbocycles. The van der Waals surface area contributed by atoms with Crippen molar-refractivity contribution in [2.24, 2.45) is 0 Å². The van der Waals surface area contributed by atoms with Crippen LogP contribution in [0.15, 0.2) is 10.7 Å². The Kier molecular flexibility index (Phi) is 6.29. The van der Waals surface area contributed by atoms with Crippen molar-refractivity contribution in [3.8, 4) is 5.88 Å². The van der Waals surface area contributed by atoms with Gasteiger partial charge < -0.3 is 15.2 Å². The molecule has 0 aromatic carbocycles. The van der Waals surface area contributed by atoms with Crippen molar-refractivity contribution in [2.75, 3.05) is 26.8 Å². The van der Waals surface area contributed by atoms with Gasteiger partial charge in [0.2, 0.25) is 5.88 Å². The SMILES string of the molecule is COc1nc(CCNCCCO)ncc1Br. The van der Waals surface area contributed by atoms with Crippen LogP contribution in [0.2, 0.25) is 0 Å². The van der Waals surface area contributed by atoms with E-state index >= 15 is 0 Å². The maximum atomic E-state index is 8.60. The Morgan fingerprint density at radius 3 is 3.00 bits per heavy atom. The minimum absolute atomic E-state index is 0.218. The smallest absolute Gasteiger partial charge is 0.231 e. The molecule has 0 aliphatic rings. The van der Waals surface area contributed by atoms with E-state index in [4.69, 9.17) is 9.84 Å². The highest BCUT2D eigenvalue weighted by molar-refractivity contribution is 9.10. The maximum Gasteiger partial charge on any atom is 0.231 e. The average Bonchev–Trinajstić information content (AvgIpc) is 2.31. The summed E-state index contributed by atoms with van der Waals surface area (Å²) in [5.41, 5.74) is 0. The first-order valence-corrected chi connectivity index (χ1v) is 5.94. The Bertz CT molecular complexity index is 323. The van der Waals surface area contributed by atoms with Gasteiger partial charge in [-0.2, -0.15) is 4.98 Å². The van der Waals surface area contributed by atoms with E-state index in [9.17, 15) is 0 Å². The molecule has 1 heterocycles. The van der Waals surface area contributed by atoms with E-state index < -0.39 is 0 Å². The van der Waals surface area contributed by atoms with Gasteiger partial charge in [-0.3, -0.25) is 0 Å². The minimum Gasteiger partial charge on any atom is -0.480 e. The molecule has 0 spiro atoms. The van der Waals surface area contributed by atoms with E-state index in [-0.39, 0.29) is 6.61 Å². The fourth-order valence-electron chi connectivity index (χ4n) is 1.18. The van der Waals surface area contributed by atoms with E-state index in [0.717, 1.165) is 36.2 Å². The summed E-state index contributed by atoms with van der Waals surface area (Å²) in [6, 6.07) is 0. The molecule has 0 fully saturated rings. The van der Waals surface area contributed by atoms with Crippen LogP contribution in [0.4, 0.5) is 0 Å². The molecule has 0 bridgehead atoms. The van der Waals surface area contributed by atoms with Gasteiger partial charge in [0.25, 0.3) is 0 Å². The summed E-state index contributed by atoms with van der Waals surface area (Å²) in [6.07, 6.45) is 3.20.